The lowest BCUT2D eigenvalue weighted by Crippen LogP contribution is -2.23. The molecule has 3 nitrogen and oxygen atoms in total. The molecule has 0 fully saturated rings. The van der Waals surface area contributed by atoms with E-state index in [0.717, 1.165) is 16.8 Å². The number of amides is 1. The summed E-state index contributed by atoms with van der Waals surface area (Å²) >= 11 is 7.42. The second kappa shape index (κ2) is 6.96. The number of halogens is 1. The number of aryl methyl sites for hydroxylation is 1. The molecular formula is C16H17ClN2OS. The summed E-state index contributed by atoms with van der Waals surface area (Å²) in [5, 5.41) is 3.91. The third kappa shape index (κ3) is 3.99. The topological polar surface area (TPSA) is 42.0 Å². The molecule has 1 N–H and O–H groups in total. The van der Waals surface area contributed by atoms with Gasteiger partial charge in [-0.25, -0.2) is 4.98 Å². The van der Waals surface area contributed by atoms with Crippen molar-refractivity contribution in [1.29, 1.82) is 0 Å². The van der Waals surface area contributed by atoms with Crippen LogP contribution in [0.5, 0.6) is 0 Å². The van der Waals surface area contributed by atoms with Crippen LogP contribution >= 0.6 is 23.4 Å². The van der Waals surface area contributed by atoms with Crippen molar-refractivity contribution in [1.82, 2.24) is 4.98 Å². The van der Waals surface area contributed by atoms with Gasteiger partial charge in [0.1, 0.15) is 5.03 Å². The summed E-state index contributed by atoms with van der Waals surface area (Å²) in [6.45, 7) is 5.87. The van der Waals surface area contributed by atoms with Gasteiger partial charge < -0.3 is 5.32 Å². The molecule has 21 heavy (non-hydrogen) atoms. The van der Waals surface area contributed by atoms with E-state index in [2.05, 4.69) is 10.3 Å². The van der Waals surface area contributed by atoms with Crippen molar-refractivity contribution in [2.75, 3.05) is 5.32 Å². The van der Waals surface area contributed by atoms with Crippen LogP contribution < -0.4 is 5.32 Å². The van der Waals surface area contributed by atoms with Crippen molar-refractivity contribution >= 4 is 35.0 Å². The minimum atomic E-state index is -0.280. The van der Waals surface area contributed by atoms with Gasteiger partial charge in [0, 0.05) is 11.9 Å². The Morgan fingerprint density at radius 1 is 1.29 bits per heavy atom. The van der Waals surface area contributed by atoms with Crippen molar-refractivity contribution in [3.63, 3.8) is 0 Å². The van der Waals surface area contributed by atoms with Gasteiger partial charge >= 0.3 is 0 Å². The first-order valence-electron chi connectivity index (χ1n) is 6.63. The summed E-state index contributed by atoms with van der Waals surface area (Å²) in [4.78, 5) is 16.5. The number of carbonyl (C=O) groups is 1. The third-order valence-corrected chi connectivity index (χ3v) is 4.78. The molecule has 1 aromatic carbocycles. The molecule has 1 heterocycles. The summed E-state index contributed by atoms with van der Waals surface area (Å²) in [5.74, 6) is -0.0598. The van der Waals surface area contributed by atoms with Gasteiger partial charge in [-0.2, -0.15) is 0 Å². The Labute approximate surface area is 134 Å². The van der Waals surface area contributed by atoms with Crippen molar-refractivity contribution in [2.24, 2.45) is 0 Å². The van der Waals surface area contributed by atoms with Crippen LogP contribution in [0.2, 0.25) is 5.02 Å². The fourth-order valence-corrected chi connectivity index (χ4v) is 2.86. The average Bonchev–Trinajstić information content (AvgIpc) is 2.46. The highest BCUT2D eigenvalue weighted by Crippen LogP contribution is 2.28. The lowest BCUT2D eigenvalue weighted by molar-refractivity contribution is -0.115. The number of anilines is 1. The SMILES string of the molecule is Cc1cccc(NC(=O)C(C)Sc2ncccc2Cl)c1C. The number of benzene rings is 1. The smallest absolute Gasteiger partial charge is 0.237 e. The number of pyridine rings is 1. The van der Waals surface area contributed by atoms with Crippen LogP contribution in [-0.2, 0) is 4.79 Å². The van der Waals surface area contributed by atoms with Crippen LogP contribution in [0.4, 0.5) is 5.69 Å². The first kappa shape index (κ1) is 15.9. The van der Waals surface area contributed by atoms with Gasteiger partial charge in [0.2, 0.25) is 5.91 Å². The van der Waals surface area contributed by atoms with E-state index >= 15 is 0 Å². The maximum Gasteiger partial charge on any atom is 0.237 e. The van der Waals surface area contributed by atoms with Crippen LogP contribution in [-0.4, -0.2) is 16.1 Å². The number of nitrogens with one attached hydrogen (secondary N) is 1. The van der Waals surface area contributed by atoms with Crippen molar-refractivity contribution in [2.45, 2.75) is 31.0 Å². The average molecular weight is 321 g/mol. The number of hydrogen-bond acceptors (Lipinski definition) is 3. The first-order valence-corrected chi connectivity index (χ1v) is 7.89. The minimum absolute atomic E-state index is 0.0598. The maximum absolute atomic E-state index is 12.3. The van der Waals surface area contributed by atoms with E-state index in [-0.39, 0.29) is 11.2 Å². The lowest BCUT2D eigenvalue weighted by atomic mass is 10.1. The Balaban J connectivity index is 2.06. The fourth-order valence-electron chi connectivity index (χ4n) is 1.80. The number of nitrogens with zero attached hydrogens (tertiary/aromatic N) is 1. The second-order valence-corrected chi connectivity index (χ2v) is 6.52. The Morgan fingerprint density at radius 2 is 2.05 bits per heavy atom. The molecule has 1 aromatic heterocycles. The van der Waals surface area contributed by atoms with Crippen molar-refractivity contribution in [3.05, 3.63) is 52.7 Å². The maximum atomic E-state index is 12.3. The number of carbonyl (C=O) groups excluding carboxylic acids is 1. The molecule has 0 saturated heterocycles. The first-order chi connectivity index (χ1) is 9.99. The van der Waals surface area contributed by atoms with Gasteiger partial charge in [0.25, 0.3) is 0 Å². The monoisotopic (exact) mass is 320 g/mol. The fraction of sp³-hybridized carbons (Fsp3) is 0.250. The number of aromatic nitrogens is 1. The molecule has 0 bridgehead atoms. The number of hydrogen-bond donors (Lipinski definition) is 1. The number of rotatable bonds is 4. The molecule has 1 amide bonds. The Kier molecular flexibility index (Phi) is 5.26. The predicted molar refractivity (Wildman–Crippen MR) is 89.1 cm³/mol. The highest BCUT2D eigenvalue weighted by atomic mass is 35.5. The summed E-state index contributed by atoms with van der Waals surface area (Å²) in [6, 6.07) is 9.41. The van der Waals surface area contributed by atoms with Crippen LogP contribution in [0.3, 0.4) is 0 Å². The molecule has 2 aromatic rings. The second-order valence-electron chi connectivity index (χ2n) is 4.79. The summed E-state index contributed by atoms with van der Waals surface area (Å²) in [5.41, 5.74) is 3.08. The van der Waals surface area contributed by atoms with Gasteiger partial charge in [-0.05, 0) is 50.1 Å². The van der Waals surface area contributed by atoms with E-state index in [1.165, 1.54) is 11.8 Å². The van der Waals surface area contributed by atoms with Crippen LogP contribution in [0, 0.1) is 13.8 Å². The van der Waals surface area contributed by atoms with Gasteiger partial charge in [-0.15, -0.1) is 0 Å². The largest absolute Gasteiger partial charge is 0.325 e. The van der Waals surface area contributed by atoms with E-state index in [1.807, 2.05) is 39.0 Å². The van der Waals surface area contributed by atoms with Gasteiger partial charge in [0.05, 0.1) is 10.3 Å². The van der Waals surface area contributed by atoms with Crippen LogP contribution in [0.1, 0.15) is 18.1 Å². The van der Waals surface area contributed by atoms with E-state index < -0.39 is 0 Å². The minimum Gasteiger partial charge on any atom is -0.325 e. The molecule has 0 saturated carbocycles. The van der Waals surface area contributed by atoms with E-state index in [4.69, 9.17) is 11.6 Å². The molecule has 110 valence electrons. The number of thioether (sulfide) groups is 1. The third-order valence-electron chi connectivity index (χ3n) is 3.24. The zero-order valence-electron chi connectivity index (χ0n) is 12.2. The molecule has 0 aliphatic carbocycles. The van der Waals surface area contributed by atoms with Crippen LogP contribution in [0.25, 0.3) is 0 Å². The zero-order valence-corrected chi connectivity index (χ0v) is 13.8. The highest BCUT2D eigenvalue weighted by Gasteiger charge is 2.17. The summed E-state index contributed by atoms with van der Waals surface area (Å²) in [7, 11) is 0. The molecular weight excluding hydrogens is 304 g/mol. The van der Waals surface area contributed by atoms with Gasteiger partial charge in [0.15, 0.2) is 0 Å². The van der Waals surface area contributed by atoms with Gasteiger partial charge in [-0.1, -0.05) is 35.5 Å². The normalized spacial score (nSPS) is 12.0. The highest BCUT2D eigenvalue weighted by molar-refractivity contribution is 8.00. The van der Waals surface area contributed by atoms with E-state index in [9.17, 15) is 4.79 Å². The standard InChI is InChI=1S/C16H17ClN2OS/c1-10-6-4-8-14(11(10)2)19-15(20)12(3)21-16-13(17)7-5-9-18-16/h4-9,12H,1-3H3,(H,19,20). The van der Waals surface area contributed by atoms with Crippen LogP contribution in [0.15, 0.2) is 41.6 Å². The molecule has 0 radical (unpaired) electrons. The molecule has 2 rings (SSSR count). The Morgan fingerprint density at radius 3 is 2.76 bits per heavy atom. The predicted octanol–water partition coefficient (Wildman–Crippen LogP) is 4.47. The quantitative estimate of drug-likeness (QED) is 0.845. The van der Waals surface area contributed by atoms with Gasteiger partial charge in [-0.3, -0.25) is 4.79 Å². The summed E-state index contributed by atoms with van der Waals surface area (Å²) < 4.78 is 0. The Bertz CT molecular complexity index is 660. The molecule has 1 unspecified atom stereocenters. The molecule has 0 spiro atoms. The zero-order chi connectivity index (χ0) is 15.4. The molecule has 1 atom stereocenters. The summed E-state index contributed by atoms with van der Waals surface area (Å²) in [6.07, 6.45) is 1.67. The molecule has 0 aliphatic rings. The van der Waals surface area contributed by atoms with E-state index in [1.54, 1.807) is 18.3 Å². The lowest BCUT2D eigenvalue weighted by Gasteiger charge is -2.14. The van der Waals surface area contributed by atoms with Crippen molar-refractivity contribution in [3.8, 4) is 0 Å². The molecule has 5 heteroatoms. The molecule has 0 aliphatic heterocycles. The van der Waals surface area contributed by atoms with Crippen molar-refractivity contribution < 1.29 is 4.79 Å². The Hall–Kier alpha value is -1.52. The van der Waals surface area contributed by atoms with E-state index in [0.29, 0.717) is 10.0 Å².